The Kier molecular flexibility index (Phi) is 3.34. The zero-order valence-electron chi connectivity index (χ0n) is 8.41. The van der Waals surface area contributed by atoms with Gasteiger partial charge in [0.25, 0.3) is 0 Å². The van der Waals surface area contributed by atoms with Crippen molar-refractivity contribution in [2.75, 3.05) is 13.1 Å². The lowest BCUT2D eigenvalue weighted by Gasteiger charge is -2.31. The summed E-state index contributed by atoms with van der Waals surface area (Å²) in [7, 11) is 0. The SMILES string of the molecule is O=C(N1CCCCC1)[S+]([O-])C1CCC1. The predicted molar refractivity (Wildman–Crippen MR) is 56.6 cm³/mol. The minimum Gasteiger partial charge on any atom is -0.607 e. The number of nitrogens with zero attached hydrogens (tertiary/aromatic N) is 1. The molecule has 1 aliphatic heterocycles. The van der Waals surface area contributed by atoms with Gasteiger partial charge in [-0.1, -0.05) is 0 Å². The van der Waals surface area contributed by atoms with Gasteiger partial charge >= 0.3 is 5.24 Å². The molecule has 1 aliphatic carbocycles. The van der Waals surface area contributed by atoms with Crippen LogP contribution < -0.4 is 0 Å². The maximum Gasteiger partial charge on any atom is 0.429 e. The van der Waals surface area contributed by atoms with E-state index in [1.54, 1.807) is 4.90 Å². The molecular weight excluding hydrogens is 198 g/mol. The lowest BCUT2D eigenvalue weighted by Crippen LogP contribution is -2.44. The quantitative estimate of drug-likeness (QED) is 0.627. The van der Waals surface area contributed by atoms with Crippen LogP contribution in [0.1, 0.15) is 38.5 Å². The molecule has 1 saturated heterocycles. The Bertz CT molecular complexity index is 208. The highest BCUT2D eigenvalue weighted by Crippen LogP contribution is 2.28. The molecule has 2 rings (SSSR count). The third kappa shape index (κ3) is 2.06. The summed E-state index contributed by atoms with van der Waals surface area (Å²) in [4.78, 5) is 13.5. The van der Waals surface area contributed by atoms with Gasteiger partial charge in [-0.3, -0.25) is 4.90 Å². The largest absolute Gasteiger partial charge is 0.607 e. The minimum atomic E-state index is -1.23. The summed E-state index contributed by atoms with van der Waals surface area (Å²) in [6, 6.07) is 0. The van der Waals surface area contributed by atoms with Gasteiger partial charge in [0, 0.05) is 24.3 Å². The molecule has 2 aliphatic rings. The first-order chi connectivity index (χ1) is 6.79. The third-order valence-corrected chi connectivity index (χ3v) is 4.82. The van der Waals surface area contributed by atoms with E-state index >= 15 is 0 Å². The van der Waals surface area contributed by atoms with E-state index in [0.29, 0.717) is 0 Å². The molecule has 1 unspecified atom stereocenters. The fourth-order valence-corrected chi connectivity index (χ4v) is 3.41. The number of hydrogen-bond acceptors (Lipinski definition) is 2. The van der Waals surface area contributed by atoms with E-state index in [0.717, 1.165) is 45.2 Å². The van der Waals surface area contributed by atoms with Crippen LogP contribution in [0.2, 0.25) is 0 Å². The maximum atomic E-state index is 11.8. The number of hydrogen-bond donors (Lipinski definition) is 0. The van der Waals surface area contributed by atoms with Gasteiger partial charge in [-0.15, -0.1) is 0 Å². The van der Waals surface area contributed by atoms with Crippen LogP contribution in [0.15, 0.2) is 0 Å². The molecular formula is C10H17NO2S. The second kappa shape index (κ2) is 4.53. The van der Waals surface area contributed by atoms with Gasteiger partial charge in [0.1, 0.15) is 5.25 Å². The van der Waals surface area contributed by atoms with Crippen molar-refractivity contribution in [2.24, 2.45) is 0 Å². The smallest absolute Gasteiger partial charge is 0.429 e. The summed E-state index contributed by atoms with van der Waals surface area (Å²) in [6.45, 7) is 1.63. The van der Waals surface area contributed by atoms with Crippen LogP contribution >= 0.6 is 0 Å². The topological polar surface area (TPSA) is 43.4 Å². The summed E-state index contributed by atoms with van der Waals surface area (Å²) in [6.07, 6.45) is 6.46. The first-order valence-corrected chi connectivity index (χ1v) is 6.70. The van der Waals surface area contributed by atoms with Crippen LogP contribution in [-0.2, 0) is 11.2 Å². The van der Waals surface area contributed by atoms with E-state index in [4.69, 9.17) is 0 Å². The van der Waals surface area contributed by atoms with E-state index in [2.05, 4.69) is 0 Å². The van der Waals surface area contributed by atoms with E-state index in [-0.39, 0.29) is 10.5 Å². The molecule has 0 N–H and O–H groups in total. The molecule has 0 aromatic rings. The molecule has 1 saturated carbocycles. The van der Waals surface area contributed by atoms with Crippen molar-refractivity contribution in [1.82, 2.24) is 4.90 Å². The van der Waals surface area contributed by atoms with Gasteiger partial charge in [-0.05, 0) is 38.5 Å². The van der Waals surface area contributed by atoms with Gasteiger partial charge in [0.2, 0.25) is 0 Å². The van der Waals surface area contributed by atoms with Crippen molar-refractivity contribution in [3.63, 3.8) is 0 Å². The number of likely N-dealkylation sites (tertiary alicyclic amines) is 1. The summed E-state index contributed by atoms with van der Waals surface area (Å²) in [5, 5.41) is 0.0684. The minimum absolute atomic E-state index is 0.102. The molecule has 2 fully saturated rings. The Hall–Kier alpha value is -0.220. The van der Waals surface area contributed by atoms with Gasteiger partial charge in [0.15, 0.2) is 0 Å². The highest BCUT2D eigenvalue weighted by molar-refractivity contribution is 8.06. The second-order valence-corrected chi connectivity index (χ2v) is 5.77. The fourth-order valence-electron chi connectivity index (χ4n) is 1.93. The van der Waals surface area contributed by atoms with Crippen LogP contribution in [0.25, 0.3) is 0 Å². The van der Waals surface area contributed by atoms with Crippen LogP contribution in [0, 0.1) is 0 Å². The Morgan fingerprint density at radius 3 is 2.29 bits per heavy atom. The predicted octanol–water partition coefficient (Wildman–Crippen LogP) is 1.89. The average molecular weight is 215 g/mol. The molecule has 0 aromatic carbocycles. The van der Waals surface area contributed by atoms with Crippen LogP contribution in [0.4, 0.5) is 4.79 Å². The van der Waals surface area contributed by atoms with Gasteiger partial charge in [0.05, 0.1) is 0 Å². The molecule has 1 amide bonds. The zero-order valence-corrected chi connectivity index (χ0v) is 9.22. The number of carbonyl (C=O) groups is 1. The molecule has 14 heavy (non-hydrogen) atoms. The number of carbonyl (C=O) groups excluding carboxylic acids is 1. The molecule has 1 atom stereocenters. The van der Waals surface area contributed by atoms with Crippen LogP contribution in [0.5, 0.6) is 0 Å². The van der Waals surface area contributed by atoms with Gasteiger partial charge in [-0.2, -0.15) is 0 Å². The van der Waals surface area contributed by atoms with Crippen molar-refractivity contribution in [3.8, 4) is 0 Å². The standard InChI is InChI=1S/C10H17NO2S/c12-10(11-7-2-1-3-8-11)14(13)9-5-4-6-9/h9H,1-8H2. The van der Waals surface area contributed by atoms with Crippen molar-refractivity contribution in [1.29, 1.82) is 0 Å². The first kappa shape index (κ1) is 10.3. The lowest BCUT2D eigenvalue weighted by atomic mass is 10.0. The Balaban J connectivity index is 1.85. The van der Waals surface area contributed by atoms with Crippen LogP contribution in [0.3, 0.4) is 0 Å². The van der Waals surface area contributed by atoms with Gasteiger partial charge in [-0.25, -0.2) is 4.79 Å². The molecule has 0 spiro atoms. The fraction of sp³-hybridized carbons (Fsp3) is 0.900. The number of piperidine rings is 1. The lowest BCUT2D eigenvalue weighted by molar-refractivity contribution is 0.208. The number of amides is 1. The molecule has 4 heteroatoms. The summed E-state index contributed by atoms with van der Waals surface area (Å²) >= 11 is -1.23. The monoisotopic (exact) mass is 215 g/mol. The molecule has 1 heterocycles. The molecule has 3 nitrogen and oxygen atoms in total. The molecule has 0 bridgehead atoms. The number of rotatable bonds is 1. The highest BCUT2D eigenvalue weighted by Gasteiger charge is 2.38. The Labute approximate surface area is 88.0 Å². The zero-order chi connectivity index (χ0) is 9.97. The van der Waals surface area contributed by atoms with Crippen molar-refractivity contribution in [3.05, 3.63) is 0 Å². The highest BCUT2D eigenvalue weighted by atomic mass is 32.2. The van der Waals surface area contributed by atoms with E-state index in [1.807, 2.05) is 0 Å². The van der Waals surface area contributed by atoms with Crippen LogP contribution in [-0.4, -0.2) is 33.0 Å². The van der Waals surface area contributed by atoms with E-state index < -0.39 is 11.2 Å². The van der Waals surface area contributed by atoms with E-state index in [1.165, 1.54) is 6.42 Å². The van der Waals surface area contributed by atoms with Crippen molar-refractivity contribution < 1.29 is 9.35 Å². The van der Waals surface area contributed by atoms with Gasteiger partial charge < -0.3 is 4.55 Å². The first-order valence-electron chi connectivity index (χ1n) is 5.48. The van der Waals surface area contributed by atoms with Crippen molar-refractivity contribution >= 4 is 16.4 Å². The maximum absolute atomic E-state index is 11.8. The van der Waals surface area contributed by atoms with Crippen molar-refractivity contribution in [2.45, 2.75) is 43.8 Å². The molecule has 0 aromatic heterocycles. The third-order valence-electron chi connectivity index (χ3n) is 3.14. The Morgan fingerprint density at radius 2 is 1.79 bits per heavy atom. The second-order valence-electron chi connectivity index (χ2n) is 4.16. The Morgan fingerprint density at radius 1 is 1.14 bits per heavy atom. The summed E-state index contributed by atoms with van der Waals surface area (Å²) < 4.78 is 11.7. The van der Waals surface area contributed by atoms with E-state index in [9.17, 15) is 9.35 Å². The summed E-state index contributed by atoms with van der Waals surface area (Å²) in [5.41, 5.74) is 0. The molecule has 80 valence electrons. The summed E-state index contributed by atoms with van der Waals surface area (Å²) in [5.74, 6) is 0. The average Bonchev–Trinajstić information content (AvgIpc) is 2.15. The molecule has 0 radical (unpaired) electrons. The normalized spacial score (nSPS) is 25.6.